The standard InChI is InChI=1S/C19H21ClN6O4S/c1-12-11-16(24-25(12)2)18-22-23-19(30-18)21-17(27)13-7-9-26(10-8-13)31(28,29)15-5-3-14(20)4-6-15/h3-6,11,13H,7-10H2,1-2H3,(H,21,23,27). The molecule has 0 aliphatic carbocycles. The third kappa shape index (κ3) is 4.48. The van der Waals surface area contributed by atoms with E-state index in [0.29, 0.717) is 23.6 Å². The van der Waals surface area contributed by atoms with Gasteiger partial charge in [-0.2, -0.15) is 9.40 Å². The number of piperidine rings is 1. The predicted molar refractivity (Wildman–Crippen MR) is 113 cm³/mol. The zero-order chi connectivity index (χ0) is 22.2. The van der Waals surface area contributed by atoms with Crippen molar-refractivity contribution >= 4 is 33.5 Å². The number of sulfonamides is 1. The van der Waals surface area contributed by atoms with Gasteiger partial charge in [0.1, 0.15) is 5.69 Å². The Labute approximate surface area is 184 Å². The molecule has 0 radical (unpaired) electrons. The minimum absolute atomic E-state index is 0.0143. The number of hydrogen-bond donors (Lipinski definition) is 1. The lowest BCUT2D eigenvalue weighted by Gasteiger charge is -2.30. The first kappa shape index (κ1) is 21.5. The zero-order valence-corrected chi connectivity index (χ0v) is 18.5. The van der Waals surface area contributed by atoms with Crippen molar-refractivity contribution < 1.29 is 17.6 Å². The molecule has 164 valence electrons. The van der Waals surface area contributed by atoms with Crippen LogP contribution in [0, 0.1) is 12.8 Å². The molecule has 0 unspecified atom stereocenters. The Bertz CT molecular complexity index is 1180. The van der Waals surface area contributed by atoms with Crippen LogP contribution in [0.5, 0.6) is 0 Å². The summed E-state index contributed by atoms with van der Waals surface area (Å²) in [5.74, 6) is -0.428. The van der Waals surface area contributed by atoms with Gasteiger partial charge in [-0.1, -0.05) is 16.7 Å². The second-order valence-electron chi connectivity index (χ2n) is 7.33. The van der Waals surface area contributed by atoms with Crippen LogP contribution in [0.1, 0.15) is 18.5 Å². The zero-order valence-electron chi connectivity index (χ0n) is 16.9. The lowest BCUT2D eigenvalue weighted by atomic mass is 9.97. The van der Waals surface area contributed by atoms with Gasteiger partial charge in [-0.05, 0) is 50.1 Å². The molecule has 1 aromatic carbocycles. The van der Waals surface area contributed by atoms with Crippen LogP contribution in [-0.2, 0) is 21.9 Å². The number of aryl methyl sites for hydroxylation is 2. The second kappa shape index (κ2) is 8.40. The van der Waals surface area contributed by atoms with Crippen LogP contribution in [0.15, 0.2) is 39.6 Å². The molecule has 12 heteroatoms. The molecule has 10 nitrogen and oxygen atoms in total. The van der Waals surface area contributed by atoms with Crippen LogP contribution < -0.4 is 5.32 Å². The van der Waals surface area contributed by atoms with E-state index >= 15 is 0 Å². The van der Waals surface area contributed by atoms with Crippen molar-refractivity contribution in [3.05, 3.63) is 41.0 Å². The van der Waals surface area contributed by atoms with E-state index in [1.54, 1.807) is 29.9 Å². The van der Waals surface area contributed by atoms with E-state index in [0.717, 1.165) is 5.69 Å². The number of carbonyl (C=O) groups excluding carboxylic acids is 1. The molecule has 1 fully saturated rings. The molecule has 1 aliphatic heterocycles. The topological polar surface area (TPSA) is 123 Å². The number of carbonyl (C=O) groups is 1. The molecule has 2 aromatic heterocycles. The fourth-order valence-corrected chi connectivity index (χ4v) is 4.96. The van der Waals surface area contributed by atoms with Crippen LogP contribution in [-0.4, -0.2) is 51.7 Å². The summed E-state index contributed by atoms with van der Waals surface area (Å²) in [5.41, 5.74) is 1.45. The van der Waals surface area contributed by atoms with E-state index in [1.165, 1.54) is 16.4 Å². The van der Waals surface area contributed by atoms with Gasteiger partial charge in [0.15, 0.2) is 0 Å². The minimum Gasteiger partial charge on any atom is -0.401 e. The number of nitrogens with one attached hydrogen (secondary N) is 1. The van der Waals surface area contributed by atoms with E-state index in [2.05, 4.69) is 20.6 Å². The highest BCUT2D eigenvalue weighted by Crippen LogP contribution is 2.26. The maximum Gasteiger partial charge on any atom is 0.322 e. The van der Waals surface area contributed by atoms with E-state index in [9.17, 15) is 13.2 Å². The lowest BCUT2D eigenvalue weighted by molar-refractivity contribution is -0.121. The Morgan fingerprint density at radius 3 is 2.48 bits per heavy atom. The highest BCUT2D eigenvalue weighted by atomic mass is 35.5. The first-order valence-electron chi connectivity index (χ1n) is 9.65. The fourth-order valence-electron chi connectivity index (χ4n) is 3.36. The lowest BCUT2D eigenvalue weighted by Crippen LogP contribution is -2.41. The molecule has 0 spiro atoms. The van der Waals surface area contributed by atoms with Crippen LogP contribution >= 0.6 is 11.6 Å². The van der Waals surface area contributed by atoms with Crippen LogP contribution in [0.3, 0.4) is 0 Å². The van der Waals surface area contributed by atoms with Crippen molar-refractivity contribution in [3.8, 4) is 11.6 Å². The Balaban J connectivity index is 1.36. The maximum atomic E-state index is 12.8. The molecule has 4 rings (SSSR count). The van der Waals surface area contributed by atoms with Crippen LogP contribution in [0.2, 0.25) is 5.02 Å². The van der Waals surface area contributed by atoms with Gasteiger partial charge in [0.05, 0.1) is 4.90 Å². The number of nitrogens with zero attached hydrogens (tertiary/aromatic N) is 5. The Hall–Kier alpha value is -2.76. The SMILES string of the molecule is Cc1cc(-c2nnc(NC(=O)C3CCN(S(=O)(=O)c4ccc(Cl)cc4)CC3)o2)nn1C. The van der Waals surface area contributed by atoms with Gasteiger partial charge in [0, 0.05) is 36.8 Å². The number of anilines is 1. The molecule has 31 heavy (non-hydrogen) atoms. The van der Waals surface area contributed by atoms with Crippen molar-refractivity contribution in [3.63, 3.8) is 0 Å². The number of benzene rings is 1. The highest BCUT2D eigenvalue weighted by molar-refractivity contribution is 7.89. The monoisotopic (exact) mass is 464 g/mol. The van der Waals surface area contributed by atoms with Crippen LogP contribution in [0.4, 0.5) is 6.01 Å². The number of hydrogen-bond acceptors (Lipinski definition) is 7. The molecular weight excluding hydrogens is 444 g/mol. The van der Waals surface area contributed by atoms with Crippen LogP contribution in [0.25, 0.3) is 11.6 Å². The molecule has 1 N–H and O–H groups in total. The molecule has 1 saturated heterocycles. The first-order chi connectivity index (χ1) is 14.7. The van der Waals surface area contributed by atoms with Crippen molar-refractivity contribution in [2.45, 2.75) is 24.7 Å². The van der Waals surface area contributed by atoms with Gasteiger partial charge < -0.3 is 4.42 Å². The maximum absolute atomic E-state index is 12.8. The third-order valence-electron chi connectivity index (χ3n) is 5.26. The number of aromatic nitrogens is 4. The van der Waals surface area contributed by atoms with Crippen molar-refractivity contribution in [1.82, 2.24) is 24.3 Å². The molecule has 1 amide bonds. The molecule has 0 bridgehead atoms. The Morgan fingerprint density at radius 2 is 1.87 bits per heavy atom. The quantitative estimate of drug-likeness (QED) is 0.615. The van der Waals surface area contributed by atoms with Crippen molar-refractivity contribution in [2.24, 2.45) is 13.0 Å². The van der Waals surface area contributed by atoms with E-state index in [-0.39, 0.29) is 41.7 Å². The fraction of sp³-hybridized carbons (Fsp3) is 0.368. The molecule has 0 atom stereocenters. The van der Waals surface area contributed by atoms with Gasteiger partial charge in [-0.3, -0.25) is 14.8 Å². The van der Waals surface area contributed by atoms with Gasteiger partial charge in [0.25, 0.3) is 5.89 Å². The summed E-state index contributed by atoms with van der Waals surface area (Å²) in [4.78, 5) is 12.8. The smallest absolute Gasteiger partial charge is 0.322 e. The van der Waals surface area contributed by atoms with E-state index < -0.39 is 10.0 Å². The Kier molecular flexibility index (Phi) is 5.82. The summed E-state index contributed by atoms with van der Waals surface area (Å²) in [6.45, 7) is 2.38. The second-order valence-corrected chi connectivity index (χ2v) is 9.70. The Morgan fingerprint density at radius 1 is 1.19 bits per heavy atom. The third-order valence-corrected chi connectivity index (χ3v) is 7.43. The number of rotatable bonds is 5. The molecule has 3 heterocycles. The summed E-state index contributed by atoms with van der Waals surface area (Å²) >= 11 is 5.84. The minimum atomic E-state index is -3.62. The summed E-state index contributed by atoms with van der Waals surface area (Å²) < 4.78 is 34.1. The van der Waals surface area contributed by atoms with Gasteiger partial charge >= 0.3 is 6.01 Å². The van der Waals surface area contributed by atoms with Crippen molar-refractivity contribution in [1.29, 1.82) is 0 Å². The molecular formula is C19H21ClN6O4S. The summed E-state index contributed by atoms with van der Waals surface area (Å²) in [6, 6.07) is 7.83. The normalized spacial score (nSPS) is 15.8. The highest BCUT2D eigenvalue weighted by Gasteiger charge is 2.32. The molecule has 3 aromatic rings. The summed E-state index contributed by atoms with van der Waals surface area (Å²) in [5, 5.41) is 15.1. The number of halogens is 1. The van der Waals surface area contributed by atoms with Crippen molar-refractivity contribution in [2.75, 3.05) is 18.4 Å². The average molecular weight is 465 g/mol. The van der Waals surface area contributed by atoms with Gasteiger partial charge in [-0.15, -0.1) is 5.10 Å². The summed E-state index contributed by atoms with van der Waals surface area (Å²) in [7, 11) is -1.82. The predicted octanol–water partition coefficient (Wildman–Crippen LogP) is 2.47. The van der Waals surface area contributed by atoms with E-state index in [1.807, 2.05) is 6.92 Å². The largest absolute Gasteiger partial charge is 0.401 e. The van der Waals surface area contributed by atoms with Gasteiger partial charge in [0.2, 0.25) is 15.9 Å². The molecule has 0 saturated carbocycles. The van der Waals surface area contributed by atoms with E-state index in [4.69, 9.17) is 16.0 Å². The average Bonchev–Trinajstić information content (AvgIpc) is 3.35. The first-order valence-corrected chi connectivity index (χ1v) is 11.5. The van der Waals surface area contributed by atoms with Gasteiger partial charge in [-0.25, -0.2) is 8.42 Å². The summed E-state index contributed by atoms with van der Waals surface area (Å²) in [6.07, 6.45) is 0.776. The number of amides is 1. The molecule has 1 aliphatic rings.